The molecule has 3 rings (SSSR count). The van der Waals surface area contributed by atoms with Crippen LogP contribution in [0.1, 0.15) is 110 Å². The molecule has 2 N–H and O–H groups in total. The minimum atomic E-state index is -0.609. The Kier molecular flexibility index (Phi) is 15.6. The fraction of sp³-hybridized carbons (Fsp3) is 0.658. The van der Waals surface area contributed by atoms with Crippen LogP contribution in [-0.4, -0.2) is 70.1 Å². The van der Waals surface area contributed by atoms with Gasteiger partial charge in [-0.15, -0.1) is 11.3 Å². The Labute approximate surface area is 292 Å². The molecule has 1 aromatic heterocycles. The molecule has 1 aromatic carbocycles. The number of carbonyl (C=O) groups excluding carboxylic acids is 4. The van der Waals surface area contributed by atoms with Crippen LogP contribution in [-0.2, 0) is 25.6 Å². The van der Waals surface area contributed by atoms with E-state index in [1.165, 1.54) is 0 Å². The van der Waals surface area contributed by atoms with E-state index < -0.39 is 6.04 Å². The first-order valence-corrected chi connectivity index (χ1v) is 18.8. The zero-order chi connectivity index (χ0) is 35.4. The average molecular weight is 682 g/mol. The number of nitrogens with one attached hydrogen (secondary N) is 2. The number of hydrogen-bond acceptors (Lipinski definition) is 6. The number of likely N-dealkylation sites (N-methyl/N-ethyl adjacent to an activating group) is 1. The van der Waals surface area contributed by atoms with E-state index in [2.05, 4.69) is 41.6 Å². The summed E-state index contributed by atoms with van der Waals surface area (Å²) >= 11 is 1.54. The molecule has 9 nitrogen and oxygen atoms in total. The summed E-state index contributed by atoms with van der Waals surface area (Å²) in [7, 11) is 1.81. The average Bonchev–Trinajstić information content (AvgIpc) is 3.75. The number of thiazole rings is 1. The van der Waals surface area contributed by atoms with Crippen LogP contribution in [0.5, 0.6) is 0 Å². The largest absolute Gasteiger partial charge is 0.346 e. The summed E-state index contributed by atoms with van der Waals surface area (Å²) in [5.41, 5.74) is 1.14. The van der Waals surface area contributed by atoms with Gasteiger partial charge in [0, 0.05) is 56.0 Å². The summed E-state index contributed by atoms with van der Waals surface area (Å²) in [6, 6.07) is 9.17. The van der Waals surface area contributed by atoms with E-state index >= 15 is 0 Å². The molecule has 6 atom stereocenters. The fourth-order valence-corrected chi connectivity index (χ4v) is 7.43. The molecule has 2 aromatic rings. The molecular weight excluding hydrogens is 623 g/mol. The van der Waals surface area contributed by atoms with Crippen molar-refractivity contribution in [1.29, 1.82) is 0 Å². The highest BCUT2D eigenvalue weighted by molar-refractivity contribution is 7.09. The third-order valence-corrected chi connectivity index (χ3v) is 10.7. The zero-order valence-electron chi connectivity index (χ0n) is 30.4. The van der Waals surface area contributed by atoms with Crippen molar-refractivity contribution in [1.82, 2.24) is 25.4 Å². The van der Waals surface area contributed by atoms with E-state index in [0.29, 0.717) is 38.6 Å². The van der Waals surface area contributed by atoms with Gasteiger partial charge < -0.3 is 20.4 Å². The maximum Gasteiger partial charge on any atom is 0.245 e. The summed E-state index contributed by atoms with van der Waals surface area (Å²) < 4.78 is 0. The Morgan fingerprint density at radius 3 is 2.35 bits per heavy atom. The quantitative estimate of drug-likeness (QED) is 0.189. The maximum atomic E-state index is 13.7. The Bertz CT molecular complexity index is 1300. The van der Waals surface area contributed by atoms with E-state index in [1.807, 2.05) is 70.1 Å². The monoisotopic (exact) mass is 681 g/mol. The first-order chi connectivity index (χ1) is 22.8. The molecular formula is C38H59N5O4S. The molecule has 0 spiro atoms. The summed E-state index contributed by atoms with van der Waals surface area (Å²) in [4.78, 5) is 61.7. The summed E-state index contributed by atoms with van der Waals surface area (Å²) in [6.45, 7) is 14.7. The lowest BCUT2D eigenvalue weighted by Crippen LogP contribution is -2.54. The van der Waals surface area contributed by atoms with E-state index in [1.54, 1.807) is 22.4 Å². The lowest BCUT2D eigenvalue weighted by Gasteiger charge is -2.36. The molecule has 1 aliphatic rings. The fourth-order valence-electron chi connectivity index (χ4n) is 6.74. The standard InChI is InChI=1S/C38H59N5O4S/c1-9-27(6)32(42(8)38(47)35(26(4)5)41-33(44)22-25(2)3)17-18-34(45)43-20-13-16-30(43)23-28(7)36(46)40-31(37-39-19-21-48-37)24-29-14-11-10-12-15-29/h10-12,14-15,19,21,25-28,30-32,35H,9,13,16-18,20,22-24H2,1-8H3,(H,40,46)(H,41,44)/t27-,28+,30-,31-,32?,35-/m0/s1. The van der Waals surface area contributed by atoms with Crippen molar-refractivity contribution in [2.45, 2.75) is 124 Å². The van der Waals surface area contributed by atoms with Crippen molar-refractivity contribution < 1.29 is 19.2 Å². The van der Waals surface area contributed by atoms with Gasteiger partial charge in [-0.2, -0.15) is 0 Å². The molecule has 266 valence electrons. The molecule has 2 heterocycles. The third kappa shape index (κ3) is 11.4. The van der Waals surface area contributed by atoms with Crippen molar-refractivity contribution in [2.24, 2.45) is 23.7 Å². The number of amides is 4. The van der Waals surface area contributed by atoms with Crippen LogP contribution in [0.2, 0.25) is 0 Å². The van der Waals surface area contributed by atoms with Crippen LogP contribution in [0.25, 0.3) is 0 Å². The summed E-state index contributed by atoms with van der Waals surface area (Å²) in [5, 5.41) is 9.03. The predicted molar refractivity (Wildman–Crippen MR) is 193 cm³/mol. The SMILES string of the molecule is CC[C@H](C)C(CCC(=O)N1CCC[C@H]1C[C@@H](C)C(=O)N[C@@H](Cc1ccccc1)c1nccs1)N(C)C(=O)[C@@H](NC(=O)CC(C)C)C(C)C. The number of benzene rings is 1. The molecule has 1 saturated heterocycles. The van der Waals surface area contributed by atoms with Gasteiger partial charge >= 0.3 is 0 Å². The first-order valence-electron chi connectivity index (χ1n) is 17.9. The van der Waals surface area contributed by atoms with Crippen molar-refractivity contribution >= 4 is 35.0 Å². The minimum Gasteiger partial charge on any atom is -0.346 e. The zero-order valence-corrected chi connectivity index (χ0v) is 31.2. The minimum absolute atomic E-state index is 0.00795. The van der Waals surface area contributed by atoms with Gasteiger partial charge in [0.25, 0.3) is 0 Å². The van der Waals surface area contributed by atoms with E-state index in [0.717, 1.165) is 29.8 Å². The molecule has 1 fully saturated rings. The Balaban J connectivity index is 1.61. The van der Waals surface area contributed by atoms with Crippen LogP contribution in [0.3, 0.4) is 0 Å². The number of carbonyl (C=O) groups is 4. The van der Waals surface area contributed by atoms with Gasteiger partial charge in [-0.25, -0.2) is 4.98 Å². The second kappa shape index (κ2) is 19.1. The molecule has 4 amide bonds. The van der Waals surface area contributed by atoms with Crippen LogP contribution >= 0.6 is 11.3 Å². The molecule has 0 saturated carbocycles. The van der Waals surface area contributed by atoms with Gasteiger partial charge in [0.05, 0.1) is 6.04 Å². The smallest absolute Gasteiger partial charge is 0.245 e. The first kappa shape index (κ1) is 39.2. The van der Waals surface area contributed by atoms with Gasteiger partial charge in [-0.3, -0.25) is 19.2 Å². The number of rotatable bonds is 18. The van der Waals surface area contributed by atoms with Gasteiger partial charge in [0.1, 0.15) is 11.0 Å². The van der Waals surface area contributed by atoms with Crippen molar-refractivity contribution in [3.63, 3.8) is 0 Å². The van der Waals surface area contributed by atoms with Crippen molar-refractivity contribution in [2.75, 3.05) is 13.6 Å². The van der Waals surface area contributed by atoms with Crippen LogP contribution in [0.4, 0.5) is 0 Å². The van der Waals surface area contributed by atoms with Gasteiger partial charge in [-0.05, 0) is 55.4 Å². The Morgan fingerprint density at radius 2 is 1.75 bits per heavy atom. The maximum absolute atomic E-state index is 13.7. The lowest BCUT2D eigenvalue weighted by molar-refractivity contribution is -0.140. The normalized spacial score (nSPS) is 17.9. The molecule has 10 heteroatoms. The predicted octanol–water partition coefficient (Wildman–Crippen LogP) is 6.40. The molecule has 0 radical (unpaired) electrons. The molecule has 48 heavy (non-hydrogen) atoms. The second-order valence-electron chi connectivity index (χ2n) is 14.5. The van der Waals surface area contributed by atoms with E-state index in [4.69, 9.17) is 0 Å². The van der Waals surface area contributed by atoms with Crippen LogP contribution in [0, 0.1) is 23.7 Å². The highest BCUT2D eigenvalue weighted by atomic mass is 32.1. The van der Waals surface area contributed by atoms with Crippen LogP contribution in [0.15, 0.2) is 41.9 Å². The summed E-state index contributed by atoms with van der Waals surface area (Å²) in [6.07, 6.45) is 6.96. The van der Waals surface area contributed by atoms with Gasteiger partial charge in [0.15, 0.2) is 0 Å². The molecule has 1 unspecified atom stereocenters. The number of likely N-dealkylation sites (tertiary alicyclic amines) is 1. The van der Waals surface area contributed by atoms with E-state index in [9.17, 15) is 19.2 Å². The van der Waals surface area contributed by atoms with Gasteiger partial charge in [0.2, 0.25) is 23.6 Å². The highest BCUT2D eigenvalue weighted by Gasteiger charge is 2.35. The van der Waals surface area contributed by atoms with Crippen molar-refractivity contribution in [3.8, 4) is 0 Å². The Hall–Kier alpha value is -3.27. The third-order valence-electron chi connectivity index (χ3n) is 9.76. The number of hydrogen-bond donors (Lipinski definition) is 2. The molecule has 0 bridgehead atoms. The molecule has 0 aliphatic carbocycles. The number of nitrogens with zero attached hydrogens (tertiary/aromatic N) is 3. The Morgan fingerprint density at radius 1 is 1.04 bits per heavy atom. The molecule has 1 aliphatic heterocycles. The van der Waals surface area contributed by atoms with Gasteiger partial charge in [-0.1, -0.05) is 85.2 Å². The summed E-state index contributed by atoms with van der Waals surface area (Å²) in [5.74, 6) is -0.105. The number of aromatic nitrogens is 1. The van der Waals surface area contributed by atoms with Crippen LogP contribution < -0.4 is 10.6 Å². The topological polar surface area (TPSA) is 112 Å². The lowest BCUT2D eigenvalue weighted by atomic mass is 9.91. The van der Waals surface area contributed by atoms with E-state index in [-0.39, 0.29) is 65.4 Å². The highest BCUT2D eigenvalue weighted by Crippen LogP contribution is 2.28. The van der Waals surface area contributed by atoms with Crippen molar-refractivity contribution in [3.05, 3.63) is 52.5 Å². The second-order valence-corrected chi connectivity index (χ2v) is 15.4.